The smallest absolute Gasteiger partial charge is 0.480 e. The zero-order valence-corrected chi connectivity index (χ0v) is 25.2. The van der Waals surface area contributed by atoms with Gasteiger partial charge in [0.05, 0.1) is 14.7 Å². The van der Waals surface area contributed by atoms with E-state index in [1.54, 1.807) is 6.07 Å². The van der Waals surface area contributed by atoms with Crippen LogP contribution in [0.5, 0.6) is 5.75 Å². The van der Waals surface area contributed by atoms with Crippen LogP contribution in [-0.2, 0) is 27.7 Å². The number of halogens is 5. The zero-order valence-electron chi connectivity index (χ0n) is 20.0. The number of anilines is 1. The first kappa shape index (κ1) is 30.5. The number of nitrogens with one attached hydrogen (secondary N) is 1. The van der Waals surface area contributed by atoms with Crippen LogP contribution in [0.15, 0.2) is 28.7 Å². The summed E-state index contributed by atoms with van der Waals surface area (Å²) >= 11 is 4.05. The fraction of sp³-hybridized carbons (Fsp3) is 0.333. The molecule has 1 aromatic heterocycles. The van der Waals surface area contributed by atoms with E-state index < -0.39 is 39.6 Å². The Labute approximate surface area is 243 Å². The number of rotatable bonds is 11. The van der Waals surface area contributed by atoms with E-state index in [1.165, 1.54) is 10.8 Å². The third-order valence-electron chi connectivity index (χ3n) is 5.51. The molecule has 0 radical (unpaired) electrons. The summed E-state index contributed by atoms with van der Waals surface area (Å²) in [6, 6.07) is 5.07. The lowest BCUT2D eigenvalue weighted by Crippen LogP contribution is -2.29. The lowest BCUT2D eigenvalue weighted by molar-refractivity contribution is -0.139. The van der Waals surface area contributed by atoms with Crippen molar-refractivity contribution in [2.24, 2.45) is 0 Å². The van der Waals surface area contributed by atoms with Gasteiger partial charge in [-0.3, -0.25) is 9.52 Å². The van der Waals surface area contributed by atoms with Gasteiger partial charge in [-0.15, -0.1) is 0 Å². The average molecular weight is 779 g/mol. The van der Waals surface area contributed by atoms with Crippen LogP contribution in [0.1, 0.15) is 53.9 Å². The number of carboxylic acid groups (broad SMARTS) is 1. The fourth-order valence-corrected chi connectivity index (χ4v) is 6.88. The predicted octanol–water partition coefficient (Wildman–Crippen LogP) is 6.50. The van der Waals surface area contributed by atoms with Crippen molar-refractivity contribution in [3.63, 3.8) is 0 Å². The van der Waals surface area contributed by atoms with Gasteiger partial charge in [0, 0.05) is 21.1 Å². The van der Waals surface area contributed by atoms with Gasteiger partial charge in [-0.05, 0) is 87.9 Å². The summed E-state index contributed by atoms with van der Waals surface area (Å²) in [6.07, 6.45) is 2.32. The van der Waals surface area contributed by atoms with Crippen molar-refractivity contribution in [3.8, 4) is 5.75 Å². The molecule has 2 N–H and O–H groups in total. The van der Waals surface area contributed by atoms with Crippen LogP contribution in [0.2, 0.25) is 0 Å². The molecule has 0 bridgehead atoms. The first-order chi connectivity index (χ1) is 17.7. The molecule has 0 saturated heterocycles. The van der Waals surface area contributed by atoms with Crippen LogP contribution in [0, 0.1) is 7.14 Å². The number of sulfonamides is 1. The van der Waals surface area contributed by atoms with Gasteiger partial charge in [0.25, 0.3) is 0 Å². The number of hydrogen-bond donors (Lipinski definition) is 2. The molecule has 0 atom stereocenters. The maximum Gasteiger partial charge on any atom is 0.516 e. The minimum atomic E-state index is -5.70. The molecule has 3 rings (SSSR count). The lowest BCUT2D eigenvalue weighted by atomic mass is 9.96. The number of carbonyl (C=O) groups is 2. The molecule has 3 aromatic rings. The molecule has 2 aromatic carbocycles. The van der Waals surface area contributed by atoms with E-state index in [-0.39, 0.29) is 33.6 Å². The Hall–Kier alpha value is -2.08. The Morgan fingerprint density at radius 1 is 1.16 bits per heavy atom. The Morgan fingerprint density at radius 3 is 2.42 bits per heavy atom. The summed E-state index contributed by atoms with van der Waals surface area (Å²) in [7, 11) is -5.70. The molecule has 0 amide bonds. The minimum Gasteiger partial charge on any atom is -0.480 e. The normalized spacial score (nSPS) is 12.1. The van der Waals surface area contributed by atoms with Gasteiger partial charge in [-0.2, -0.15) is 21.6 Å². The number of carboxylic acids is 1. The lowest BCUT2D eigenvalue weighted by Gasteiger charge is -2.16. The topological polar surface area (TPSA) is 123 Å². The fourth-order valence-electron chi connectivity index (χ4n) is 3.73. The van der Waals surface area contributed by atoms with E-state index in [1.807, 2.05) is 36.4 Å². The number of unbranched alkanes of at least 4 members (excludes halogenated alkanes) is 1. The van der Waals surface area contributed by atoms with Crippen molar-refractivity contribution >= 4 is 83.6 Å². The molecule has 1 heterocycles. The first-order valence-electron chi connectivity index (χ1n) is 11.3. The molecule has 14 heteroatoms. The number of fused-ring (bicyclic) bond motifs is 1. The van der Waals surface area contributed by atoms with Crippen LogP contribution in [0.3, 0.4) is 0 Å². The molecule has 8 nitrogen and oxygen atoms in total. The number of furan rings is 1. The SMILES string of the molecule is CCCCc1oc2ccc(NS(=O)(=O)C(F)(F)F)cc2c1C(=O)c1cc(I)c(CC)c(I)c1OCC(=O)O. The summed E-state index contributed by atoms with van der Waals surface area (Å²) in [5.41, 5.74) is -4.81. The van der Waals surface area contributed by atoms with E-state index in [4.69, 9.17) is 14.3 Å². The molecule has 38 heavy (non-hydrogen) atoms. The van der Waals surface area contributed by atoms with Crippen LogP contribution >= 0.6 is 45.2 Å². The van der Waals surface area contributed by atoms with E-state index in [0.29, 0.717) is 22.8 Å². The highest BCUT2D eigenvalue weighted by Crippen LogP contribution is 2.38. The molecule has 0 aliphatic rings. The number of aliphatic carboxylic acids is 1. The highest BCUT2D eigenvalue weighted by molar-refractivity contribution is 14.1. The number of aryl methyl sites for hydroxylation is 1. The zero-order chi connectivity index (χ0) is 28.4. The van der Waals surface area contributed by atoms with Crippen molar-refractivity contribution in [1.82, 2.24) is 0 Å². The molecule has 0 saturated carbocycles. The molecule has 206 valence electrons. The van der Waals surface area contributed by atoms with Gasteiger partial charge in [0.1, 0.15) is 17.1 Å². The van der Waals surface area contributed by atoms with Gasteiger partial charge in [0.2, 0.25) is 5.78 Å². The largest absolute Gasteiger partial charge is 0.516 e. The second kappa shape index (κ2) is 12.0. The number of ether oxygens (including phenoxy) is 1. The highest BCUT2D eigenvalue weighted by atomic mass is 127. The third kappa shape index (κ3) is 6.38. The van der Waals surface area contributed by atoms with Gasteiger partial charge in [-0.25, -0.2) is 4.79 Å². The maximum absolute atomic E-state index is 14.0. The third-order valence-corrected chi connectivity index (χ3v) is 8.73. The average Bonchev–Trinajstić information content (AvgIpc) is 3.18. The minimum absolute atomic E-state index is 0.0394. The van der Waals surface area contributed by atoms with Gasteiger partial charge in [-0.1, -0.05) is 20.3 Å². The Balaban J connectivity index is 2.25. The summed E-state index contributed by atoms with van der Waals surface area (Å²) in [5, 5.41) is 9.27. The summed E-state index contributed by atoms with van der Waals surface area (Å²) in [6.45, 7) is 3.14. The van der Waals surface area contributed by atoms with E-state index >= 15 is 0 Å². The molecular weight excluding hydrogens is 757 g/mol. The van der Waals surface area contributed by atoms with E-state index in [2.05, 4.69) is 22.6 Å². The predicted molar refractivity (Wildman–Crippen MR) is 151 cm³/mol. The molecule has 0 aliphatic carbocycles. The monoisotopic (exact) mass is 779 g/mol. The van der Waals surface area contributed by atoms with Gasteiger partial charge < -0.3 is 14.3 Å². The van der Waals surface area contributed by atoms with Crippen LogP contribution < -0.4 is 9.46 Å². The van der Waals surface area contributed by atoms with Crippen LogP contribution in [-0.4, -0.2) is 37.4 Å². The number of alkyl halides is 3. The van der Waals surface area contributed by atoms with Crippen LogP contribution in [0.25, 0.3) is 11.0 Å². The van der Waals surface area contributed by atoms with Crippen LogP contribution in [0.4, 0.5) is 18.9 Å². The van der Waals surface area contributed by atoms with Crippen molar-refractivity contribution < 1.29 is 45.4 Å². The van der Waals surface area contributed by atoms with Crippen molar-refractivity contribution in [3.05, 3.63) is 53.9 Å². The quantitative estimate of drug-likeness (QED) is 0.168. The molecular formula is C24H22F3I2NO7S. The summed E-state index contributed by atoms with van der Waals surface area (Å²) < 4.78 is 76.3. The Morgan fingerprint density at radius 2 is 1.84 bits per heavy atom. The number of benzene rings is 2. The standard InChI is InChI=1S/C24H22F3I2NO7S/c1-3-5-6-18-20(14-9-12(7-8-17(14)37-18)30-38(34,35)24(25,26)27)22(33)15-10-16(28)13(4-2)21(29)23(15)36-11-19(31)32/h7-10,30H,3-6,11H2,1-2H3,(H,31,32). The summed E-state index contributed by atoms with van der Waals surface area (Å²) in [4.78, 5) is 25.2. The second-order valence-electron chi connectivity index (χ2n) is 8.16. The number of hydrogen-bond acceptors (Lipinski definition) is 6. The maximum atomic E-state index is 14.0. The molecule has 0 spiro atoms. The first-order valence-corrected chi connectivity index (χ1v) is 14.9. The molecule has 0 aliphatic heterocycles. The van der Waals surface area contributed by atoms with E-state index in [0.717, 1.165) is 27.7 Å². The molecule has 0 fully saturated rings. The number of ketones is 1. The summed E-state index contributed by atoms with van der Waals surface area (Å²) in [5.74, 6) is -1.49. The van der Waals surface area contributed by atoms with Gasteiger partial charge >= 0.3 is 21.5 Å². The second-order valence-corrected chi connectivity index (χ2v) is 12.1. The molecule has 0 unspecified atom stereocenters. The van der Waals surface area contributed by atoms with Crippen molar-refractivity contribution in [1.29, 1.82) is 0 Å². The van der Waals surface area contributed by atoms with Crippen molar-refractivity contribution in [2.45, 2.75) is 45.0 Å². The highest BCUT2D eigenvalue weighted by Gasteiger charge is 2.46. The van der Waals surface area contributed by atoms with Gasteiger partial charge in [0.15, 0.2) is 6.61 Å². The van der Waals surface area contributed by atoms with E-state index in [9.17, 15) is 31.2 Å². The number of carbonyl (C=O) groups excluding carboxylic acids is 1. The van der Waals surface area contributed by atoms with Crippen molar-refractivity contribution in [2.75, 3.05) is 11.3 Å². The Bertz CT molecular complexity index is 1500. The Kier molecular flexibility index (Phi) is 9.60.